The quantitative estimate of drug-likeness (QED) is 0.215. The van der Waals surface area contributed by atoms with E-state index in [1.807, 2.05) is 0 Å². The molecule has 0 N–H and O–H groups in total. The summed E-state index contributed by atoms with van der Waals surface area (Å²) in [6.07, 6.45) is 0. The Balaban J connectivity index is 1.41. The van der Waals surface area contributed by atoms with Crippen molar-refractivity contribution in [3.05, 3.63) is 109 Å². The molecule has 0 saturated carbocycles. The topological polar surface area (TPSA) is 0 Å². The second kappa shape index (κ2) is 5.75. The van der Waals surface area contributed by atoms with Gasteiger partial charge in [-0.15, -0.1) is 0 Å². The minimum absolute atomic E-state index is 1.32. The van der Waals surface area contributed by atoms with Gasteiger partial charge in [0.2, 0.25) is 0 Å². The first-order valence-corrected chi connectivity index (χ1v) is 12.7. The third-order valence-electron chi connectivity index (χ3n) is 8.83. The molecule has 162 valence electrons. The van der Waals surface area contributed by atoms with Crippen LogP contribution in [0.15, 0.2) is 109 Å². The molecule has 0 aliphatic rings. The normalized spacial score (nSPS) is 13.0. The van der Waals surface area contributed by atoms with Gasteiger partial charge >= 0.3 is 0 Å². The number of fused-ring (bicyclic) bond motifs is 7. The van der Waals surface area contributed by atoms with Crippen LogP contribution < -0.4 is 0 Å². The predicted molar refractivity (Wildman–Crippen MR) is 158 cm³/mol. The van der Waals surface area contributed by atoms with Gasteiger partial charge in [0.25, 0.3) is 0 Å². The summed E-state index contributed by atoms with van der Waals surface area (Å²) in [6, 6.07) is 41.5. The van der Waals surface area contributed by atoms with Crippen molar-refractivity contribution >= 4 is 97.0 Å². The molecule has 10 rings (SSSR count). The van der Waals surface area contributed by atoms with Crippen LogP contribution in [0, 0.1) is 0 Å². The van der Waals surface area contributed by atoms with Crippen LogP contribution in [0.5, 0.6) is 0 Å². The Morgan fingerprint density at radius 1 is 0.222 bits per heavy atom. The van der Waals surface area contributed by atoms with Crippen molar-refractivity contribution in [1.82, 2.24) is 0 Å². The molecule has 0 heteroatoms. The van der Waals surface area contributed by atoms with E-state index in [0.29, 0.717) is 0 Å². The Morgan fingerprint density at radius 2 is 0.528 bits per heavy atom. The lowest BCUT2D eigenvalue weighted by Crippen LogP contribution is -1.78. The van der Waals surface area contributed by atoms with Gasteiger partial charge in [-0.1, -0.05) is 84.9 Å². The fourth-order valence-electron chi connectivity index (χ4n) is 7.30. The second-order valence-electron chi connectivity index (χ2n) is 10.5. The van der Waals surface area contributed by atoms with Gasteiger partial charge in [0, 0.05) is 0 Å². The van der Waals surface area contributed by atoms with E-state index in [0.717, 1.165) is 0 Å². The smallest absolute Gasteiger partial charge is 0.00143 e. The maximum atomic E-state index is 2.43. The Hall–Kier alpha value is -4.68. The zero-order valence-electron chi connectivity index (χ0n) is 19.4. The van der Waals surface area contributed by atoms with Gasteiger partial charge in [-0.25, -0.2) is 0 Å². The van der Waals surface area contributed by atoms with Crippen molar-refractivity contribution in [3.8, 4) is 0 Å². The summed E-state index contributed by atoms with van der Waals surface area (Å²) in [6.45, 7) is 0. The molecule has 0 radical (unpaired) electrons. The average Bonchev–Trinajstić information content (AvgIpc) is 3.41. The molecule has 0 atom stereocenters. The standard InChI is InChI=1S/C36H18/c1-3-19-7-11-25-29-15-23-17-31-27-13-9-21-5-2-6-22-10-14-28(36(27)34(21)22)32(31)18-24(23)16-30(29)26-12-8-20(4-1)33(19)35(25)26/h1-18H. The summed E-state index contributed by atoms with van der Waals surface area (Å²) in [4.78, 5) is 0. The Labute approximate surface area is 206 Å². The molecule has 0 unspecified atom stereocenters. The lowest BCUT2D eigenvalue weighted by Gasteiger charge is -2.05. The van der Waals surface area contributed by atoms with Gasteiger partial charge in [0.05, 0.1) is 0 Å². The Bertz CT molecular complexity index is 2170. The van der Waals surface area contributed by atoms with E-state index in [4.69, 9.17) is 0 Å². The van der Waals surface area contributed by atoms with Crippen molar-refractivity contribution in [3.63, 3.8) is 0 Å². The maximum absolute atomic E-state index is 2.43. The largest absolute Gasteiger partial charge is 0.0610 e. The van der Waals surface area contributed by atoms with Crippen molar-refractivity contribution in [2.45, 2.75) is 0 Å². The number of benzene rings is 8. The van der Waals surface area contributed by atoms with Crippen molar-refractivity contribution < 1.29 is 0 Å². The van der Waals surface area contributed by atoms with Crippen molar-refractivity contribution in [2.24, 2.45) is 0 Å². The highest BCUT2D eigenvalue weighted by Gasteiger charge is 2.18. The maximum Gasteiger partial charge on any atom is -0.00143 e. The first-order valence-electron chi connectivity index (χ1n) is 12.7. The SMILES string of the molecule is c1cc2ccc3c4cc5cc6c(cc5cc4c4ccc(c1)c2c34)c1ccc2cccc3ccc6c1c32. The molecule has 0 aromatic heterocycles. The molecule has 0 amide bonds. The summed E-state index contributed by atoms with van der Waals surface area (Å²) in [5, 5.41) is 24.5. The Kier molecular flexibility index (Phi) is 2.83. The van der Waals surface area contributed by atoms with Crippen molar-refractivity contribution in [2.75, 3.05) is 0 Å². The molecule has 0 fully saturated rings. The summed E-state index contributed by atoms with van der Waals surface area (Å²) in [5.74, 6) is 0. The average molecular weight is 451 g/mol. The summed E-state index contributed by atoms with van der Waals surface area (Å²) in [7, 11) is 0. The van der Waals surface area contributed by atoms with Crippen LogP contribution in [0.25, 0.3) is 97.0 Å². The van der Waals surface area contributed by atoms with E-state index in [1.54, 1.807) is 0 Å². The highest BCUT2D eigenvalue weighted by atomic mass is 14.2. The molecule has 0 bridgehead atoms. The first kappa shape index (κ1) is 17.7. The molecular formula is C36H18. The lowest BCUT2D eigenvalue weighted by molar-refractivity contribution is 1.83. The first-order chi connectivity index (χ1) is 17.8. The summed E-state index contributed by atoms with van der Waals surface area (Å²) < 4.78 is 0. The van der Waals surface area contributed by atoms with Crippen molar-refractivity contribution in [1.29, 1.82) is 0 Å². The minimum Gasteiger partial charge on any atom is -0.0610 e. The van der Waals surface area contributed by atoms with E-state index in [2.05, 4.69) is 109 Å². The van der Waals surface area contributed by atoms with Crippen LogP contribution in [0.1, 0.15) is 0 Å². The molecule has 10 aromatic carbocycles. The van der Waals surface area contributed by atoms with E-state index in [9.17, 15) is 0 Å². The highest BCUT2D eigenvalue weighted by molar-refractivity contribution is 6.39. The third-order valence-corrected chi connectivity index (χ3v) is 8.83. The third kappa shape index (κ3) is 1.90. The molecule has 0 nitrogen and oxygen atoms in total. The van der Waals surface area contributed by atoms with E-state index in [1.165, 1.54) is 97.0 Å². The fourth-order valence-corrected chi connectivity index (χ4v) is 7.30. The second-order valence-corrected chi connectivity index (χ2v) is 10.5. The number of rotatable bonds is 0. The zero-order chi connectivity index (χ0) is 23.1. The molecule has 0 aliphatic heterocycles. The van der Waals surface area contributed by atoms with E-state index >= 15 is 0 Å². The van der Waals surface area contributed by atoms with Crippen LogP contribution >= 0.6 is 0 Å². The van der Waals surface area contributed by atoms with Crippen LogP contribution in [0.2, 0.25) is 0 Å². The highest BCUT2D eigenvalue weighted by Crippen LogP contribution is 2.46. The van der Waals surface area contributed by atoms with Gasteiger partial charge in [-0.2, -0.15) is 0 Å². The number of hydrogen-bond acceptors (Lipinski definition) is 0. The fraction of sp³-hybridized carbons (Fsp3) is 0. The number of hydrogen-bond donors (Lipinski definition) is 0. The van der Waals surface area contributed by atoms with Gasteiger partial charge in [0.15, 0.2) is 0 Å². The van der Waals surface area contributed by atoms with Gasteiger partial charge < -0.3 is 0 Å². The lowest BCUT2D eigenvalue weighted by atomic mass is 9.98. The molecule has 0 heterocycles. The molecule has 0 spiro atoms. The van der Waals surface area contributed by atoms with Crippen LogP contribution in [-0.4, -0.2) is 0 Å². The van der Waals surface area contributed by atoms with Crippen LogP contribution in [-0.2, 0) is 0 Å². The summed E-state index contributed by atoms with van der Waals surface area (Å²) in [5.41, 5.74) is 0. The molecule has 10 aromatic rings. The predicted octanol–water partition coefficient (Wildman–Crippen LogP) is 10.4. The van der Waals surface area contributed by atoms with Crippen LogP contribution in [0.4, 0.5) is 0 Å². The summed E-state index contributed by atoms with van der Waals surface area (Å²) >= 11 is 0. The molecule has 36 heavy (non-hydrogen) atoms. The molecule has 0 saturated heterocycles. The zero-order valence-corrected chi connectivity index (χ0v) is 19.4. The van der Waals surface area contributed by atoms with Gasteiger partial charge in [0.1, 0.15) is 0 Å². The van der Waals surface area contributed by atoms with Crippen LogP contribution in [0.3, 0.4) is 0 Å². The molecular weight excluding hydrogens is 432 g/mol. The van der Waals surface area contributed by atoms with E-state index < -0.39 is 0 Å². The monoisotopic (exact) mass is 450 g/mol. The molecule has 0 aliphatic carbocycles. The Morgan fingerprint density at radius 3 is 0.833 bits per heavy atom. The van der Waals surface area contributed by atoms with Gasteiger partial charge in [-0.05, 0) is 121 Å². The van der Waals surface area contributed by atoms with Gasteiger partial charge in [-0.3, -0.25) is 0 Å². The van der Waals surface area contributed by atoms with E-state index in [-0.39, 0.29) is 0 Å². The minimum atomic E-state index is 1.32.